The van der Waals surface area contributed by atoms with Crippen molar-refractivity contribution in [1.82, 2.24) is 5.32 Å². The molecule has 0 unspecified atom stereocenters. The molecule has 1 amide bonds. The first kappa shape index (κ1) is 19.5. The number of benzene rings is 2. The molecule has 0 bridgehead atoms. The molecule has 0 spiro atoms. The van der Waals surface area contributed by atoms with Crippen molar-refractivity contribution >= 4 is 28.9 Å². The predicted octanol–water partition coefficient (Wildman–Crippen LogP) is 4.17. The Morgan fingerprint density at radius 3 is 2.73 bits per heavy atom. The second-order valence-corrected chi connectivity index (χ2v) is 6.11. The standard InChI is InChI=1S/C20H22N2O3S/c1-4-12-24-18-11-6-5-10-17(18)21-20(26)22-19(23)15-8-7-9-16(13-15)25-14(2)3/h4-11,13-14H,1,12H2,2-3H3,(H2,21,22,23,26). The van der Waals surface area contributed by atoms with Crippen molar-refractivity contribution in [2.24, 2.45) is 0 Å². The summed E-state index contributed by atoms with van der Waals surface area (Å²) in [6.07, 6.45) is 1.69. The van der Waals surface area contributed by atoms with Crippen molar-refractivity contribution in [3.8, 4) is 11.5 Å². The smallest absolute Gasteiger partial charge is 0.257 e. The van der Waals surface area contributed by atoms with E-state index < -0.39 is 0 Å². The Morgan fingerprint density at radius 2 is 2.00 bits per heavy atom. The number of para-hydroxylation sites is 2. The highest BCUT2D eigenvalue weighted by Gasteiger charge is 2.11. The summed E-state index contributed by atoms with van der Waals surface area (Å²) in [6.45, 7) is 7.86. The molecule has 0 aliphatic heterocycles. The molecule has 0 saturated carbocycles. The van der Waals surface area contributed by atoms with Crippen molar-refractivity contribution in [3.05, 3.63) is 66.7 Å². The highest BCUT2D eigenvalue weighted by molar-refractivity contribution is 7.80. The quantitative estimate of drug-likeness (QED) is 0.566. The molecular weight excluding hydrogens is 348 g/mol. The summed E-state index contributed by atoms with van der Waals surface area (Å²) in [6, 6.07) is 14.3. The van der Waals surface area contributed by atoms with Crippen LogP contribution < -0.4 is 20.1 Å². The summed E-state index contributed by atoms with van der Waals surface area (Å²) < 4.78 is 11.2. The fraction of sp³-hybridized carbons (Fsp3) is 0.200. The normalized spacial score (nSPS) is 10.1. The zero-order chi connectivity index (χ0) is 18.9. The SMILES string of the molecule is C=CCOc1ccccc1NC(=S)NC(=O)c1cccc(OC(C)C)c1. The molecule has 26 heavy (non-hydrogen) atoms. The van der Waals surface area contributed by atoms with E-state index in [0.717, 1.165) is 0 Å². The van der Waals surface area contributed by atoms with E-state index >= 15 is 0 Å². The van der Waals surface area contributed by atoms with E-state index in [2.05, 4.69) is 17.2 Å². The molecule has 2 N–H and O–H groups in total. The van der Waals surface area contributed by atoms with Crippen LogP contribution in [0.15, 0.2) is 61.2 Å². The number of ether oxygens (including phenoxy) is 2. The van der Waals surface area contributed by atoms with Crippen LogP contribution in [-0.4, -0.2) is 23.7 Å². The molecule has 0 aliphatic carbocycles. The van der Waals surface area contributed by atoms with Crippen LogP contribution in [0.1, 0.15) is 24.2 Å². The van der Waals surface area contributed by atoms with Gasteiger partial charge in [0.25, 0.3) is 5.91 Å². The summed E-state index contributed by atoms with van der Waals surface area (Å²) in [7, 11) is 0. The van der Waals surface area contributed by atoms with Gasteiger partial charge in [-0.1, -0.05) is 30.9 Å². The molecule has 0 saturated heterocycles. The van der Waals surface area contributed by atoms with Crippen LogP contribution in [0.2, 0.25) is 0 Å². The Bertz CT molecular complexity index is 790. The van der Waals surface area contributed by atoms with E-state index in [4.69, 9.17) is 21.7 Å². The van der Waals surface area contributed by atoms with Gasteiger partial charge in [0.1, 0.15) is 18.1 Å². The van der Waals surface area contributed by atoms with Crippen molar-refractivity contribution in [3.63, 3.8) is 0 Å². The Labute approximate surface area is 159 Å². The monoisotopic (exact) mass is 370 g/mol. The molecule has 2 rings (SSSR count). The van der Waals surface area contributed by atoms with E-state index in [-0.39, 0.29) is 17.1 Å². The van der Waals surface area contributed by atoms with Gasteiger partial charge in [0.15, 0.2) is 5.11 Å². The number of carbonyl (C=O) groups excluding carboxylic acids is 1. The third-order valence-corrected chi connectivity index (χ3v) is 3.39. The number of anilines is 1. The molecular formula is C20H22N2O3S. The highest BCUT2D eigenvalue weighted by atomic mass is 32.1. The van der Waals surface area contributed by atoms with Gasteiger partial charge in [0.05, 0.1) is 11.8 Å². The molecule has 0 aliphatic rings. The molecule has 0 radical (unpaired) electrons. The van der Waals surface area contributed by atoms with Gasteiger partial charge < -0.3 is 14.8 Å². The molecule has 0 aromatic heterocycles. The lowest BCUT2D eigenvalue weighted by Gasteiger charge is -2.14. The zero-order valence-corrected chi connectivity index (χ0v) is 15.6. The van der Waals surface area contributed by atoms with Gasteiger partial charge in [0.2, 0.25) is 0 Å². The first-order chi connectivity index (χ1) is 12.5. The Kier molecular flexibility index (Phi) is 7.17. The van der Waals surface area contributed by atoms with Gasteiger partial charge in [-0.2, -0.15) is 0 Å². The minimum atomic E-state index is -0.318. The maximum atomic E-state index is 12.4. The van der Waals surface area contributed by atoms with E-state index in [1.54, 1.807) is 30.3 Å². The number of hydrogen-bond acceptors (Lipinski definition) is 4. The zero-order valence-electron chi connectivity index (χ0n) is 14.8. The maximum absolute atomic E-state index is 12.4. The van der Waals surface area contributed by atoms with Crippen LogP contribution in [0.3, 0.4) is 0 Å². The molecule has 5 nitrogen and oxygen atoms in total. The van der Waals surface area contributed by atoms with Crippen LogP contribution in [-0.2, 0) is 0 Å². The van der Waals surface area contributed by atoms with Crippen LogP contribution in [0, 0.1) is 0 Å². The van der Waals surface area contributed by atoms with Crippen LogP contribution in [0.25, 0.3) is 0 Å². The average molecular weight is 370 g/mol. The number of thiocarbonyl (C=S) groups is 1. The summed E-state index contributed by atoms with van der Waals surface area (Å²) in [5.41, 5.74) is 1.13. The summed E-state index contributed by atoms with van der Waals surface area (Å²) in [5, 5.41) is 5.81. The van der Waals surface area contributed by atoms with Crippen molar-refractivity contribution in [1.29, 1.82) is 0 Å². The summed E-state index contributed by atoms with van der Waals surface area (Å²) in [5.74, 6) is 0.937. The number of hydrogen-bond donors (Lipinski definition) is 2. The van der Waals surface area contributed by atoms with Gasteiger partial charge in [-0.3, -0.25) is 10.1 Å². The number of nitrogens with one attached hydrogen (secondary N) is 2. The maximum Gasteiger partial charge on any atom is 0.257 e. The minimum Gasteiger partial charge on any atom is -0.491 e. The average Bonchev–Trinajstić information content (AvgIpc) is 2.60. The van der Waals surface area contributed by atoms with Crippen LogP contribution in [0.5, 0.6) is 11.5 Å². The third kappa shape index (κ3) is 5.89. The topological polar surface area (TPSA) is 59.6 Å². The molecule has 136 valence electrons. The summed E-state index contributed by atoms with van der Waals surface area (Å²) >= 11 is 5.24. The highest BCUT2D eigenvalue weighted by Crippen LogP contribution is 2.23. The second kappa shape index (κ2) is 9.58. The minimum absolute atomic E-state index is 0.0307. The lowest BCUT2D eigenvalue weighted by atomic mass is 10.2. The Hall–Kier alpha value is -2.86. The number of amides is 1. The van der Waals surface area contributed by atoms with Crippen LogP contribution >= 0.6 is 12.2 Å². The Balaban J connectivity index is 2.02. The number of carbonyl (C=O) groups is 1. The fourth-order valence-electron chi connectivity index (χ4n) is 2.16. The fourth-order valence-corrected chi connectivity index (χ4v) is 2.36. The molecule has 0 atom stereocenters. The first-order valence-corrected chi connectivity index (χ1v) is 8.62. The summed E-state index contributed by atoms with van der Waals surface area (Å²) in [4.78, 5) is 12.4. The molecule has 6 heteroatoms. The van der Waals surface area contributed by atoms with Gasteiger partial charge >= 0.3 is 0 Å². The van der Waals surface area contributed by atoms with Gasteiger partial charge in [-0.05, 0) is 56.4 Å². The largest absolute Gasteiger partial charge is 0.491 e. The molecule has 0 fully saturated rings. The van der Waals surface area contributed by atoms with Crippen molar-refractivity contribution in [2.45, 2.75) is 20.0 Å². The van der Waals surface area contributed by atoms with Crippen molar-refractivity contribution in [2.75, 3.05) is 11.9 Å². The van der Waals surface area contributed by atoms with Gasteiger partial charge in [-0.15, -0.1) is 0 Å². The van der Waals surface area contributed by atoms with E-state index in [1.807, 2.05) is 38.1 Å². The second-order valence-electron chi connectivity index (χ2n) is 5.70. The van der Waals surface area contributed by atoms with E-state index in [1.165, 1.54) is 0 Å². The molecule has 0 heterocycles. The molecule has 2 aromatic rings. The first-order valence-electron chi connectivity index (χ1n) is 8.21. The van der Waals surface area contributed by atoms with Gasteiger partial charge in [-0.25, -0.2) is 0 Å². The lowest BCUT2D eigenvalue weighted by molar-refractivity contribution is 0.0977. The number of rotatable bonds is 7. The lowest BCUT2D eigenvalue weighted by Crippen LogP contribution is -2.34. The third-order valence-electron chi connectivity index (χ3n) is 3.19. The van der Waals surface area contributed by atoms with Crippen molar-refractivity contribution < 1.29 is 14.3 Å². The molecule has 2 aromatic carbocycles. The van der Waals surface area contributed by atoms with E-state index in [9.17, 15) is 4.79 Å². The van der Waals surface area contributed by atoms with Crippen LogP contribution in [0.4, 0.5) is 5.69 Å². The predicted molar refractivity (Wildman–Crippen MR) is 108 cm³/mol. The van der Waals surface area contributed by atoms with E-state index in [0.29, 0.717) is 29.4 Å². The van der Waals surface area contributed by atoms with Gasteiger partial charge in [0, 0.05) is 5.56 Å². The Morgan fingerprint density at radius 1 is 1.23 bits per heavy atom.